The van der Waals surface area contributed by atoms with E-state index in [1.54, 1.807) is 34.8 Å². The molecule has 2 heterocycles. The molecule has 2 aromatic carbocycles. The summed E-state index contributed by atoms with van der Waals surface area (Å²) in [4.78, 5) is 60.1. The Morgan fingerprint density at radius 2 is 1.79 bits per heavy atom. The number of rotatable bonds is 7. The Bertz CT molecular complexity index is 1860. The molecule has 3 aliphatic rings. The predicted molar refractivity (Wildman–Crippen MR) is 199 cm³/mol. The summed E-state index contributed by atoms with van der Waals surface area (Å²) >= 11 is 0. The first-order valence-electron chi connectivity index (χ1n) is 18.6. The molecule has 53 heavy (non-hydrogen) atoms. The summed E-state index contributed by atoms with van der Waals surface area (Å²) in [6.07, 6.45) is 6.59. The van der Waals surface area contributed by atoms with Crippen LogP contribution in [0.1, 0.15) is 72.6 Å². The quantitative estimate of drug-likeness (QED) is 0.205. The van der Waals surface area contributed by atoms with Crippen molar-refractivity contribution in [1.29, 1.82) is 0 Å². The summed E-state index contributed by atoms with van der Waals surface area (Å²) < 4.78 is 23.2. The van der Waals surface area contributed by atoms with Crippen molar-refractivity contribution in [3.05, 3.63) is 66.7 Å². The molecule has 12 nitrogen and oxygen atoms in total. The van der Waals surface area contributed by atoms with E-state index in [2.05, 4.69) is 10.7 Å². The molecule has 12 heteroatoms. The lowest BCUT2D eigenvalue weighted by Crippen LogP contribution is -2.53. The van der Waals surface area contributed by atoms with Crippen LogP contribution in [0.4, 0.5) is 4.79 Å². The largest absolute Gasteiger partial charge is 0.497 e. The van der Waals surface area contributed by atoms with E-state index >= 15 is 0 Å². The molecule has 2 saturated carbocycles. The number of methoxy groups -OCH3 is 1. The molecule has 2 fully saturated rings. The number of hydrogen-bond acceptors (Lipinski definition) is 9. The zero-order valence-electron chi connectivity index (χ0n) is 31.2. The number of nitrogens with zero attached hydrogens (tertiary/aromatic N) is 2. The van der Waals surface area contributed by atoms with E-state index in [4.69, 9.17) is 23.9 Å². The molecule has 5 atom stereocenters. The topological polar surface area (TPSA) is 145 Å². The second-order valence-electron chi connectivity index (χ2n) is 15.1. The van der Waals surface area contributed by atoms with Gasteiger partial charge >= 0.3 is 12.1 Å². The Kier molecular flexibility index (Phi) is 11.3. The number of allylic oxidation sites excluding steroid dienone is 1. The number of benzene rings is 2. The van der Waals surface area contributed by atoms with E-state index in [9.17, 15) is 19.2 Å². The molecule has 0 spiro atoms. The van der Waals surface area contributed by atoms with Crippen LogP contribution in [0, 0.1) is 17.8 Å². The first-order valence-corrected chi connectivity index (χ1v) is 18.6. The third-order valence-electron chi connectivity index (χ3n) is 10.0. The standard InChI is InChI=1S/C41H50N4O8/c1-6-51-38(48)41-25-27(41)17-13-8-7-9-14-20-45(44-39(49)53-40(2,3)4)37(47)32-22-29(21-31(32)36(46)43-41)52-35-24-33(26-15-11-10-12-16-26)42-34-23-28(50-5)18-19-30(34)35/h10-13,15-19,23-24,27,29,31-32H,6-9,14,20-22,25H2,1-5H3,(H,43,46)(H,44,49)/b17-13-/t27-,29-,31-,32-,41-/m1/s1. The van der Waals surface area contributed by atoms with E-state index in [1.165, 1.54) is 5.01 Å². The molecule has 1 aliphatic heterocycles. The predicted octanol–water partition coefficient (Wildman–Crippen LogP) is 6.52. The van der Waals surface area contributed by atoms with Gasteiger partial charge in [0.2, 0.25) is 11.8 Å². The summed E-state index contributed by atoms with van der Waals surface area (Å²) in [7, 11) is 1.60. The van der Waals surface area contributed by atoms with Crippen molar-refractivity contribution in [3.8, 4) is 22.8 Å². The van der Waals surface area contributed by atoms with Gasteiger partial charge in [-0.1, -0.05) is 48.9 Å². The molecule has 1 aromatic heterocycles. The van der Waals surface area contributed by atoms with Gasteiger partial charge in [0, 0.05) is 35.5 Å². The van der Waals surface area contributed by atoms with Crippen LogP contribution in [0.5, 0.6) is 11.5 Å². The van der Waals surface area contributed by atoms with Crippen molar-refractivity contribution >= 4 is 34.8 Å². The van der Waals surface area contributed by atoms with Gasteiger partial charge in [-0.15, -0.1) is 0 Å². The molecule has 2 N–H and O–H groups in total. The minimum atomic E-state index is -1.20. The Hall–Kier alpha value is -5.13. The molecule has 3 amide bonds. The maximum atomic E-state index is 14.5. The lowest BCUT2D eigenvalue weighted by molar-refractivity contribution is -0.150. The van der Waals surface area contributed by atoms with E-state index in [0.29, 0.717) is 35.6 Å². The fourth-order valence-electron chi connectivity index (χ4n) is 7.31. The van der Waals surface area contributed by atoms with Gasteiger partial charge in [0.1, 0.15) is 28.7 Å². The van der Waals surface area contributed by atoms with Gasteiger partial charge in [-0.2, -0.15) is 0 Å². The zero-order chi connectivity index (χ0) is 37.8. The monoisotopic (exact) mass is 726 g/mol. The van der Waals surface area contributed by atoms with E-state index in [0.717, 1.165) is 30.2 Å². The number of esters is 1. The zero-order valence-corrected chi connectivity index (χ0v) is 31.2. The number of fused-ring (bicyclic) bond motifs is 3. The van der Waals surface area contributed by atoms with Crippen molar-refractivity contribution in [2.45, 2.75) is 89.9 Å². The van der Waals surface area contributed by atoms with Gasteiger partial charge in [0.15, 0.2) is 0 Å². The van der Waals surface area contributed by atoms with E-state index < -0.39 is 53.0 Å². The number of carbonyl (C=O) groups is 4. The van der Waals surface area contributed by atoms with Crippen LogP contribution in [0.15, 0.2) is 66.7 Å². The van der Waals surface area contributed by atoms with Crippen LogP contribution >= 0.6 is 0 Å². The van der Waals surface area contributed by atoms with Crippen molar-refractivity contribution in [2.24, 2.45) is 17.8 Å². The number of pyridine rings is 1. The minimum absolute atomic E-state index is 0.176. The SMILES string of the molecule is CCOC(=O)[C@@]12C[C@H]1/C=C\CCCCCN(NC(=O)OC(C)(C)C)C(=O)[C@@H]1C[C@H](Oc3cc(-c4ccccc4)nc4cc(OC)ccc34)C[C@H]1C(=O)N2. The van der Waals surface area contributed by atoms with Crippen LogP contribution in [-0.4, -0.2) is 71.4 Å². The second kappa shape index (κ2) is 15.9. The number of hydrazine groups is 1. The van der Waals surface area contributed by atoms with Crippen molar-refractivity contribution in [1.82, 2.24) is 20.7 Å². The summed E-state index contributed by atoms with van der Waals surface area (Å²) in [6.45, 7) is 7.40. The highest BCUT2D eigenvalue weighted by atomic mass is 16.6. The fraction of sp³-hybridized carbons (Fsp3) is 0.488. The van der Waals surface area contributed by atoms with Crippen LogP contribution in [0.3, 0.4) is 0 Å². The third kappa shape index (κ3) is 8.75. The Morgan fingerprint density at radius 3 is 2.53 bits per heavy atom. The van der Waals surface area contributed by atoms with E-state index in [1.807, 2.05) is 66.7 Å². The number of aromatic nitrogens is 1. The molecule has 0 saturated heterocycles. The number of ether oxygens (including phenoxy) is 4. The highest BCUT2D eigenvalue weighted by Gasteiger charge is 2.62. The first-order chi connectivity index (χ1) is 25.4. The van der Waals surface area contributed by atoms with Crippen molar-refractivity contribution < 1.29 is 38.1 Å². The van der Waals surface area contributed by atoms with Crippen LogP contribution in [0.2, 0.25) is 0 Å². The minimum Gasteiger partial charge on any atom is -0.497 e. The highest BCUT2D eigenvalue weighted by molar-refractivity contribution is 5.95. The smallest absolute Gasteiger partial charge is 0.426 e. The normalized spacial score (nSPS) is 25.5. The molecule has 3 aromatic rings. The first kappa shape index (κ1) is 37.6. The number of carbonyl (C=O) groups excluding carboxylic acids is 4. The Morgan fingerprint density at radius 1 is 1.02 bits per heavy atom. The number of nitrogens with one attached hydrogen (secondary N) is 2. The lowest BCUT2D eigenvalue weighted by atomic mass is 9.93. The molecule has 282 valence electrons. The maximum absolute atomic E-state index is 14.5. The molecule has 0 bridgehead atoms. The van der Waals surface area contributed by atoms with Crippen LogP contribution in [0.25, 0.3) is 22.2 Å². The van der Waals surface area contributed by atoms with Crippen molar-refractivity contribution in [3.63, 3.8) is 0 Å². The molecule has 2 aliphatic carbocycles. The van der Waals surface area contributed by atoms with Gasteiger partial charge in [-0.25, -0.2) is 20.0 Å². The van der Waals surface area contributed by atoms with E-state index in [-0.39, 0.29) is 31.9 Å². The fourth-order valence-corrected chi connectivity index (χ4v) is 7.31. The average molecular weight is 727 g/mol. The van der Waals surface area contributed by atoms with Gasteiger partial charge < -0.3 is 24.3 Å². The number of hydrogen-bond donors (Lipinski definition) is 2. The molecule has 6 rings (SSSR count). The Balaban J connectivity index is 1.35. The molecular weight excluding hydrogens is 676 g/mol. The summed E-state index contributed by atoms with van der Waals surface area (Å²) in [5.41, 5.74) is 2.94. The average Bonchev–Trinajstić information content (AvgIpc) is 3.66. The number of amides is 3. The molecule has 0 unspecified atom stereocenters. The van der Waals surface area contributed by atoms with Crippen LogP contribution in [-0.2, 0) is 23.9 Å². The van der Waals surface area contributed by atoms with Gasteiger partial charge in [-0.3, -0.25) is 14.6 Å². The lowest BCUT2D eigenvalue weighted by Gasteiger charge is -2.30. The van der Waals surface area contributed by atoms with Crippen LogP contribution < -0.4 is 20.2 Å². The second-order valence-corrected chi connectivity index (χ2v) is 15.1. The molecular formula is C41H50N4O8. The summed E-state index contributed by atoms with van der Waals surface area (Å²) in [5, 5.41) is 5.07. The van der Waals surface area contributed by atoms with Crippen molar-refractivity contribution in [2.75, 3.05) is 20.3 Å². The van der Waals surface area contributed by atoms with Gasteiger partial charge in [0.25, 0.3) is 0 Å². The third-order valence-corrected chi connectivity index (χ3v) is 10.0. The highest BCUT2D eigenvalue weighted by Crippen LogP contribution is 2.47. The summed E-state index contributed by atoms with van der Waals surface area (Å²) in [6, 6.07) is 17.2. The Labute approximate surface area is 310 Å². The van der Waals surface area contributed by atoms with Gasteiger partial charge in [0.05, 0.1) is 36.8 Å². The summed E-state index contributed by atoms with van der Waals surface area (Å²) in [5.74, 6) is -2.07. The maximum Gasteiger partial charge on any atom is 0.426 e. The molecule has 0 radical (unpaired) electrons. The van der Waals surface area contributed by atoms with Gasteiger partial charge in [-0.05, 0) is 78.4 Å².